The number of fused-ring (bicyclic) bond motifs is 1. The van der Waals surface area contributed by atoms with Crippen molar-refractivity contribution < 1.29 is 52.4 Å². The van der Waals surface area contributed by atoms with Gasteiger partial charge in [-0.3, -0.25) is 38.4 Å². The lowest BCUT2D eigenvalue weighted by atomic mass is 9.74. The Morgan fingerprint density at radius 2 is 0.717 bits per heavy atom. The van der Waals surface area contributed by atoms with Gasteiger partial charge in [-0.25, -0.2) is 24.7 Å². The first kappa shape index (κ1) is 107. The molecule has 760 valence electrons. The molecule has 32 heteroatoms. The molecule has 0 aliphatic carbocycles. The maximum Gasteiger partial charge on any atom is 0.413 e. The molecule has 11 N–H and O–H groups in total. The number of rotatable bonds is 30. The second kappa shape index (κ2) is 49.5. The van der Waals surface area contributed by atoms with E-state index >= 15 is 0 Å². The van der Waals surface area contributed by atoms with Gasteiger partial charge in [-0.2, -0.15) is 0 Å². The minimum absolute atomic E-state index is 0.0333. The summed E-state index contributed by atoms with van der Waals surface area (Å²) in [6, 6.07) is 66.4. The zero-order chi connectivity index (χ0) is 103. The minimum Gasteiger partial charge on any atom is -0.410 e. The Bertz CT molecular complexity index is 6520. The second-order valence-electron chi connectivity index (χ2n) is 39.0. The van der Waals surface area contributed by atoms with Gasteiger partial charge in [0.2, 0.25) is 47.3 Å². The molecule has 0 spiro atoms. The number of nitrogens with two attached hydrogens (primary N) is 3. The van der Waals surface area contributed by atoms with Crippen LogP contribution >= 0.6 is 45.3 Å². The van der Waals surface area contributed by atoms with Crippen LogP contribution in [0.25, 0.3) is 66.9 Å². The first-order valence-corrected chi connectivity index (χ1v) is 53.5. The third-order valence-electron chi connectivity index (χ3n) is 26.9. The van der Waals surface area contributed by atoms with E-state index in [0.717, 1.165) is 144 Å². The molecule has 4 aliphatic heterocycles. The fourth-order valence-electron chi connectivity index (χ4n) is 18.8. The summed E-state index contributed by atoms with van der Waals surface area (Å²) in [4.78, 5) is 144. The Morgan fingerprint density at radius 1 is 0.379 bits per heavy atom. The zero-order valence-electron chi connectivity index (χ0n) is 84.7. The third-order valence-corrected chi connectivity index (χ3v) is 30.7. The van der Waals surface area contributed by atoms with Gasteiger partial charge in [0, 0.05) is 64.4 Å². The standard InChI is InChI=1S/C36H40N4O4S.C27H32N4O2S.C25H31N5O3S.C25H30N4O2S/c1-24(2)31(39-32(41)25(3)37-35(43)44-28-19-12-7-13-20-28)34(42)40-22-14-21-29(40)33-38-30(23-45-33)36(4,26-15-8-5-9-16-26)27-17-10-6-11-18-27;1-17(2)24(30-25(32)18(3)28)27(33)31-15-9-14-23(31)26-29-22(16-34-26)21-13-8-7-12-20(21)19-10-5-4-6-11-19;1-14(2)21(28-23(31)15(3)26)25(32)30-12-8-11-19(30)24-27-18(13-34-24)20-16(4)33-29-22(20)17-9-6-5-7-10-17;1-15(2)22(28-23(30)16(3)26)25(31)29-13-7-12-21(29)24-27-20(14-32-24)19-11-6-9-17-8-4-5-10-18(17)19/h5-13,15-20,23-25,29,31H,14,21-22H2,1-4H3,(H,37,43)(H,39,41);4-8,10-13,16-18,23-24H,9,14-15,28H2,1-3H3,(H,30,32);5-7,9-10,13-15,19,21H,8,11-12,26H2,1-4H3,(H,28,31);4-6,8-11,14-16,21-22H,7,12-13,26H2,1-3H3,(H,28,30)/t25-,29-,31-;18-,23-,24-;15-,19-,21-;16-,21-,22-/m0000/s1. The van der Waals surface area contributed by atoms with Crippen molar-refractivity contribution in [3.8, 4) is 61.9 Å². The van der Waals surface area contributed by atoms with Gasteiger partial charge in [-0.1, -0.05) is 267 Å². The van der Waals surface area contributed by atoms with Gasteiger partial charge < -0.3 is 72.6 Å². The summed E-state index contributed by atoms with van der Waals surface area (Å²) in [6.45, 7) is 28.5. The Hall–Kier alpha value is -13.3. The molecule has 12 atom stereocenters. The number of hydrogen-bond acceptors (Lipinski definition) is 23. The van der Waals surface area contributed by atoms with Crippen molar-refractivity contribution in [2.24, 2.45) is 40.9 Å². The number of nitrogens with zero attached hydrogens (tertiary/aromatic N) is 9. The number of benzene rings is 8. The van der Waals surface area contributed by atoms with E-state index < -0.39 is 65.8 Å². The molecule has 9 amide bonds. The summed E-state index contributed by atoms with van der Waals surface area (Å²) in [5.74, 6) is -0.978. The van der Waals surface area contributed by atoms with Crippen LogP contribution in [0.15, 0.2) is 244 Å². The second-order valence-corrected chi connectivity index (χ2v) is 42.6. The summed E-state index contributed by atoms with van der Waals surface area (Å²) in [5, 5.41) is 32.5. The molecule has 145 heavy (non-hydrogen) atoms. The molecule has 0 unspecified atom stereocenters. The number of thiazole rings is 4. The van der Waals surface area contributed by atoms with Crippen LogP contribution in [0.2, 0.25) is 0 Å². The van der Waals surface area contributed by atoms with E-state index in [4.69, 9.17) is 46.4 Å². The van der Waals surface area contributed by atoms with Gasteiger partial charge in [0.05, 0.1) is 76.0 Å². The number of hydrogen-bond donors (Lipinski definition) is 8. The van der Waals surface area contributed by atoms with Crippen LogP contribution in [0.1, 0.15) is 208 Å². The van der Waals surface area contributed by atoms with Gasteiger partial charge >= 0.3 is 6.09 Å². The Morgan fingerprint density at radius 3 is 1.14 bits per heavy atom. The highest BCUT2D eigenvalue weighted by Crippen LogP contribution is 2.46. The summed E-state index contributed by atoms with van der Waals surface area (Å²) >= 11 is 6.30. The smallest absolute Gasteiger partial charge is 0.410 e. The maximum atomic E-state index is 14.0. The quantitative estimate of drug-likeness (QED) is 0.0207. The number of nitrogens with one attached hydrogen (secondary N) is 5. The highest BCUT2D eigenvalue weighted by Gasteiger charge is 2.45. The Labute approximate surface area is 864 Å². The average Bonchev–Trinajstić information content (AvgIpc) is 1.71. The van der Waals surface area contributed by atoms with Crippen LogP contribution in [0.4, 0.5) is 4.79 Å². The predicted molar refractivity (Wildman–Crippen MR) is 574 cm³/mol. The first-order valence-electron chi connectivity index (χ1n) is 50.0. The third kappa shape index (κ3) is 25.8. The van der Waals surface area contributed by atoms with E-state index in [1.54, 1.807) is 86.0 Å². The predicted octanol–water partition coefficient (Wildman–Crippen LogP) is 19.1. The molecule has 4 fully saturated rings. The van der Waals surface area contributed by atoms with Gasteiger partial charge in [-0.05, 0) is 162 Å². The molecule has 28 nitrogen and oxygen atoms in total. The van der Waals surface area contributed by atoms with Crippen LogP contribution in [-0.4, -0.2) is 173 Å². The molecule has 17 rings (SSSR count). The average molecular weight is 2030 g/mol. The molecule has 8 aromatic carbocycles. The minimum atomic E-state index is -0.903. The van der Waals surface area contributed by atoms with Crippen molar-refractivity contribution in [3.05, 3.63) is 283 Å². The van der Waals surface area contributed by atoms with E-state index in [-0.39, 0.29) is 89.2 Å². The van der Waals surface area contributed by atoms with Gasteiger partial charge in [0.1, 0.15) is 67.4 Å². The number of para-hydroxylation sites is 1. The Kier molecular flexibility index (Phi) is 36.7. The number of carbonyl (C=O) groups excluding carboxylic acids is 9. The summed E-state index contributed by atoms with van der Waals surface area (Å²) in [7, 11) is 0. The number of carbonyl (C=O) groups is 9. The lowest BCUT2D eigenvalue weighted by molar-refractivity contribution is -0.139. The normalized spacial score (nSPS) is 17.3. The molecule has 13 aromatic rings. The van der Waals surface area contributed by atoms with Crippen molar-refractivity contribution in [1.29, 1.82) is 0 Å². The molecule has 0 saturated carbocycles. The van der Waals surface area contributed by atoms with Crippen LogP contribution in [0.3, 0.4) is 0 Å². The molecule has 0 radical (unpaired) electrons. The number of ether oxygens (including phenoxy) is 1. The van der Waals surface area contributed by atoms with E-state index in [9.17, 15) is 43.2 Å². The van der Waals surface area contributed by atoms with Crippen molar-refractivity contribution in [3.63, 3.8) is 0 Å². The van der Waals surface area contributed by atoms with Crippen LogP contribution in [0, 0.1) is 30.6 Å². The fraction of sp³-hybridized carbons (Fsp3) is 0.381. The van der Waals surface area contributed by atoms with Crippen molar-refractivity contribution in [2.75, 3.05) is 26.2 Å². The molecule has 5 aromatic heterocycles. The van der Waals surface area contributed by atoms with Crippen LogP contribution in [-0.2, 0) is 43.8 Å². The highest BCUT2D eigenvalue weighted by molar-refractivity contribution is 7.11. The van der Waals surface area contributed by atoms with Gasteiger partial charge in [-0.15, -0.1) is 45.3 Å². The number of aryl methyl sites for hydroxylation is 1. The van der Waals surface area contributed by atoms with Crippen molar-refractivity contribution in [2.45, 2.75) is 226 Å². The monoisotopic (exact) mass is 2030 g/mol. The summed E-state index contributed by atoms with van der Waals surface area (Å²) < 4.78 is 10.8. The topological polar surface area (TPSA) is 392 Å². The summed E-state index contributed by atoms with van der Waals surface area (Å²) in [6.07, 6.45) is 6.21. The van der Waals surface area contributed by atoms with Crippen LogP contribution < -0.4 is 48.5 Å². The number of aromatic nitrogens is 5. The Balaban J connectivity index is 0.000000154. The number of likely N-dealkylation sites (tertiary alicyclic amines) is 4. The van der Waals surface area contributed by atoms with E-state index in [1.807, 2.05) is 203 Å². The largest absolute Gasteiger partial charge is 0.413 e. The fourth-order valence-corrected chi connectivity index (χ4v) is 22.7. The first-order chi connectivity index (χ1) is 69.7. The molecule has 4 saturated heterocycles. The molecule has 0 bridgehead atoms. The lowest BCUT2D eigenvalue weighted by Crippen LogP contribution is -2.55. The van der Waals surface area contributed by atoms with Crippen LogP contribution in [0.5, 0.6) is 5.75 Å². The number of amides is 9. The zero-order valence-corrected chi connectivity index (χ0v) is 88.0. The maximum absolute atomic E-state index is 14.0. The van der Waals surface area contributed by atoms with E-state index in [0.29, 0.717) is 37.7 Å². The van der Waals surface area contributed by atoms with E-state index in [1.165, 1.54) is 22.1 Å². The van der Waals surface area contributed by atoms with Crippen molar-refractivity contribution in [1.82, 2.24) is 71.3 Å². The van der Waals surface area contributed by atoms with E-state index in [2.05, 4.69) is 134 Å². The molecule has 4 aliphatic rings. The SMILES string of the molecule is CC(C)[C@H](NC(=O)[C@H](C)N)C(=O)N1CCC[C@H]1c1nc(-c2cccc3ccccc23)cs1.CC(C)[C@H](NC(=O)[C@H](C)N)C(=O)N1CCC[C@H]1c1nc(-c2ccccc2-c2ccccc2)cs1.CC(C)[C@H](NC(=O)[C@H](C)NC(=O)Oc1ccccc1)C(=O)N1CCC[C@H]1c1nc(C(C)(c2ccccc2)c2ccccc2)cs1.Cc1onc(-c2ccccc2)c1-c1csc([C@@H]2CCCN2C(=O)[C@@H](NC(=O)[C@H](C)N)C(C)C)n1. The molecular formula is C113H133N17O11S4. The lowest BCUT2D eigenvalue weighted by Gasteiger charge is -2.31. The summed E-state index contributed by atoms with van der Waals surface area (Å²) in [5.41, 5.74) is 29.6. The van der Waals surface area contributed by atoms with Crippen molar-refractivity contribution >= 4 is 109 Å². The van der Waals surface area contributed by atoms with Gasteiger partial charge in [0.25, 0.3) is 0 Å². The highest BCUT2D eigenvalue weighted by atomic mass is 32.1. The van der Waals surface area contributed by atoms with Gasteiger partial charge in [0.15, 0.2) is 0 Å². The molecular weight excluding hydrogens is 1900 g/mol. The molecule has 9 heterocycles.